The largest absolute Gasteiger partial charge is 0.312 e. The maximum Gasteiger partial charge on any atom is 0.259 e. The highest BCUT2D eigenvalue weighted by atomic mass is 35.5. The summed E-state index contributed by atoms with van der Waals surface area (Å²) < 4.78 is 0. The summed E-state index contributed by atoms with van der Waals surface area (Å²) in [4.78, 5) is 17.0. The van der Waals surface area contributed by atoms with E-state index < -0.39 is 0 Å². The van der Waals surface area contributed by atoms with Crippen LogP contribution in [0.25, 0.3) is 0 Å². The second-order valence-corrected chi connectivity index (χ2v) is 5.54. The Bertz CT molecular complexity index is 688. The molecule has 0 bridgehead atoms. The van der Waals surface area contributed by atoms with E-state index in [1.807, 2.05) is 13.8 Å². The van der Waals surface area contributed by atoms with Crippen molar-refractivity contribution in [1.29, 1.82) is 5.26 Å². The van der Waals surface area contributed by atoms with Gasteiger partial charge in [-0.15, -0.1) is 11.3 Å². The fourth-order valence-electron chi connectivity index (χ4n) is 1.56. The minimum atomic E-state index is -0.365. The summed E-state index contributed by atoms with van der Waals surface area (Å²) in [7, 11) is 0. The molecular formula is C13H10ClN3OS. The van der Waals surface area contributed by atoms with Gasteiger partial charge in [0.05, 0.1) is 16.1 Å². The monoisotopic (exact) mass is 291 g/mol. The normalized spacial score (nSPS) is 10.0. The molecule has 0 unspecified atom stereocenters. The van der Waals surface area contributed by atoms with Crippen LogP contribution in [-0.2, 0) is 0 Å². The van der Waals surface area contributed by atoms with Crippen LogP contribution in [0.4, 0.5) is 5.00 Å². The van der Waals surface area contributed by atoms with Crippen LogP contribution in [0.5, 0.6) is 0 Å². The van der Waals surface area contributed by atoms with Crippen molar-refractivity contribution in [2.24, 2.45) is 0 Å². The average Bonchev–Trinajstić information content (AvgIpc) is 2.64. The second kappa shape index (κ2) is 5.39. The minimum Gasteiger partial charge on any atom is -0.312 e. The van der Waals surface area contributed by atoms with Crippen LogP contribution in [0.3, 0.4) is 0 Å². The van der Waals surface area contributed by atoms with Crippen molar-refractivity contribution in [2.45, 2.75) is 13.8 Å². The maximum atomic E-state index is 12.1. The number of rotatable bonds is 2. The predicted octanol–water partition coefficient (Wildman–Crippen LogP) is 3.54. The van der Waals surface area contributed by atoms with Crippen molar-refractivity contribution in [3.63, 3.8) is 0 Å². The molecule has 19 heavy (non-hydrogen) atoms. The Morgan fingerprint density at radius 3 is 2.89 bits per heavy atom. The molecule has 0 atom stereocenters. The maximum absolute atomic E-state index is 12.1. The molecule has 0 radical (unpaired) electrons. The van der Waals surface area contributed by atoms with Gasteiger partial charge in [-0.3, -0.25) is 9.78 Å². The van der Waals surface area contributed by atoms with Crippen LogP contribution in [0.2, 0.25) is 5.02 Å². The number of anilines is 1. The summed E-state index contributed by atoms with van der Waals surface area (Å²) in [6.45, 7) is 3.77. The molecule has 0 fully saturated rings. The van der Waals surface area contributed by atoms with Gasteiger partial charge in [-0.05, 0) is 25.5 Å². The lowest BCUT2D eigenvalue weighted by atomic mass is 10.2. The summed E-state index contributed by atoms with van der Waals surface area (Å²) >= 11 is 7.31. The molecule has 4 nitrogen and oxygen atoms in total. The zero-order chi connectivity index (χ0) is 14.0. The summed E-state index contributed by atoms with van der Waals surface area (Å²) in [6, 6.07) is 3.65. The third kappa shape index (κ3) is 2.60. The fourth-order valence-corrected chi connectivity index (χ4v) is 2.76. The van der Waals surface area contributed by atoms with Crippen LogP contribution in [0.1, 0.15) is 26.4 Å². The molecule has 96 valence electrons. The van der Waals surface area contributed by atoms with E-state index in [-0.39, 0.29) is 11.5 Å². The Labute approximate surface area is 119 Å². The topological polar surface area (TPSA) is 65.8 Å². The van der Waals surface area contributed by atoms with E-state index in [0.717, 1.165) is 10.4 Å². The van der Waals surface area contributed by atoms with Crippen LogP contribution < -0.4 is 5.32 Å². The Morgan fingerprint density at radius 1 is 1.53 bits per heavy atom. The van der Waals surface area contributed by atoms with E-state index in [0.29, 0.717) is 15.6 Å². The number of nitrogens with zero attached hydrogens (tertiary/aromatic N) is 2. The van der Waals surface area contributed by atoms with E-state index in [9.17, 15) is 4.79 Å². The number of aromatic nitrogens is 1. The smallest absolute Gasteiger partial charge is 0.259 e. The lowest BCUT2D eigenvalue weighted by molar-refractivity contribution is 0.102. The molecule has 0 spiro atoms. The molecule has 6 heteroatoms. The van der Waals surface area contributed by atoms with Crippen LogP contribution in [0.15, 0.2) is 18.5 Å². The first-order valence-electron chi connectivity index (χ1n) is 5.45. The van der Waals surface area contributed by atoms with E-state index in [1.54, 1.807) is 6.07 Å². The standard InChI is InChI=1S/C13H10ClN3OS/c1-7-8(2)19-13(9(7)5-15)17-12(18)10-6-16-4-3-11(10)14/h3-4,6H,1-2H3,(H,17,18). The molecule has 0 saturated heterocycles. The van der Waals surface area contributed by atoms with E-state index in [2.05, 4.69) is 16.4 Å². The van der Waals surface area contributed by atoms with Gasteiger partial charge in [0.1, 0.15) is 11.1 Å². The highest BCUT2D eigenvalue weighted by Crippen LogP contribution is 2.32. The molecule has 2 heterocycles. The number of carbonyl (C=O) groups is 1. The Balaban J connectivity index is 2.33. The molecule has 0 aliphatic carbocycles. The number of nitriles is 1. The van der Waals surface area contributed by atoms with Gasteiger partial charge in [0, 0.05) is 17.3 Å². The summed E-state index contributed by atoms with van der Waals surface area (Å²) in [5.41, 5.74) is 1.67. The minimum absolute atomic E-state index is 0.289. The highest BCUT2D eigenvalue weighted by molar-refractivity contribution is 7.16. The van der Waals surface area contributed by atoms with Gasteiger partial charge < -0.3 is 5.32 Å². The number of hydrogen-bond acceptors (Lipinski definition) is 4. The van der Waals surface area contributed by atoms with Crippen LogP contribution in [0, 0.1) is 25.2 Å². The molecule has 2 aromatic heterocycles. The number of nitrogens with one attached hydrogen (secondary N) is 1. The lowest BCUT2D eigenvalue weighted by Gasteiger charge is -2.04. The first-order chi connectivity index (χ1) is 9.04. The number of pyridine rings is 1. The Morgan fingerprint density at radius 2 is 2.26 bits per heavy atom. The number of aryl methyl sites for hydroxylation is 1. The molecule has 0 aliphatic heterocycles. The Kier molecular flexibility index (Phi) is 3.84. The van der Waals surface area contributed by atoms with Crippen molar-refractivity contribution in [3.05, 3.63) is 45.1 Å². The fraction of sp³-hybridized carbons (Fsp3) is 0.154. The van der Waals surface area contributed by atoms with Gasteiger partial charge in [-0.1, -0.05) is 11.6 Å². The molecule has 0 aromatic carbocycles. The molecule has 1 N–H and O–H groups in total. The molecule has 1 amide bonds. The van der Waals surface area contributed by atoms with E-state index >= 15 is 0 Å². The van der Waals surface area contributed by atoms with Crippen molar-refractivity contribution in [1.82, 2.24) is 4.98 Å². The van der Waals surface area contributed by atoms with Crippen molar-refractivity contribution >= 4 is 33.8 Å². The van der Waals surface area contributed by atoms with E-state index in [4.69, 9.17) is 16.9 Å². The summed E-state index contributed by atoms with van der Waals surface area (Å²) in [5.74, 6) is -0.365. The van der Waals surface area contributed by atoms with Gasteiger partial charge in [-0.25, -0.2) is 0 Å². The van der Waals surface area contributed by atoms with Crippen molar-refractivity contribution in [2.75, 3.05) is 5.32 Å². The lowest BCUT2D eigenvalue weighted by Crippen LogP contribution is -2.12. The molecular weight excluding hydrogens is 282 g/mol. The van der Waals surface area contributed by atoms with Gasteiger partial charge in [0.15, 0.2) is 0 Å². The Hall–Kier alpha value is -1.90. The molecule has 0 saturated carbocycles. The van der Waals surface area contributed by atoms with Crippen LogP contribution in [-0.4, -0.2) is 10.9 Å². The third-order valence-corrected chi connectivity index (χ3v) is 4.19. The van der Waals surface area contributed by atoms with Gasteiger partial charge in [-0.2, -0.15) is 5.26 Å². The number of thiophene rings is 1. The van der Waals surface area contributed by atoms with Gasteiger partial charge in [0.2, 0.25) is 0 Å². The number of halogens is 1. The number of hydrogen-bond donors (Lipinski definition) is 1. The summed E-state index contributed by atoms with van der Waals surface area (Å²) in [5, 5.41) is 12.7. The van der Waals surface area contributed by atoms with Gasteiger partial charge >= 0.3 is 0 Å². The molecule has 2 rings (SSSR count). The van der Waals surface area contributed by atoms with Crippen LogP contribution >= 0.6 is 22.9 Å². The number of carbonyl (C=O) groups excluding carboxylic acids is 1. The summed E-state index contributed by atoms with van der Waals surface area (Å²) in [6.07, 6.45) is 2.91. The zero-order valence-electron chi connectivity index (χ0n) is 10.3. The predicted molar refractivity (Wildman–Crippen MR) is 75.7 cm³/mol. The SMILES string of the molecule is Cc1sc(NC(=O)c2cnccc2Cl)c(C#N)c1C. The average molecular weight is 292 g/mol. The highest BCUT2D eigenvalue weighted by Gasteiger charge is 2.17. The number of amides is 1. The van der Waals surface area contributed by atoms with Crippen molar-refractivity contribution < 1.29 is 4.79 Å². The van der Waals surface area contributed by atoms with E-state index in [1.165, 1.54) is 23.7 Å². The first-order valence-corrected chi connectivity index (χ1v) is 6.65. The molecule has 2 aromatic rings. The zero-order valence-corrected chi connectivity index (χ0v) is 11.9. The third-order valence-electron chi connectivity index (χ3n) is 2.74. The van der Waals surface area contributed by atoms with Crippen molar-refractivity contribution in [3.8, 4) is 6.07 Å². The second-order valence-electron chi connectivity index (χ2n) is 3.91. The first kappa shape index (κ1) is 13.5. The molecule has 0 aliphatic rings. The quantitative estimate of drug-likeness (QED) is 0.920. The van der Waals surface area contributed by atoms with Gasteiger partial charge in [0.25, 0.3) is 5.91 Å².